The lowest BCUT2D eigenvalue weighted by Crippen LogP contribution is -2.52. The van der Waals surface area contributed by atoms with Crippen LogP contribution in [0.25, 0.3) is 5.70 Å². The van der Waals surface area contributed by atoms with Crippen molar-refractivity contribution < 1.29 is 14.3 Å². The van der Waals surface area contributed by atoms with Crippen LogP contribution in [-0.2, 0) is 13.5 Å². The van der Waals surface area contributed by atoms with Crippen LogP contribution in [0.5, 0.6) is 0 Å². The third kappa shape index (κ3) is 4.57. The zero-order chi connectivity index (χ0) is 26.3. The van der Waals surface area contributed by atoms with Gasteiger partial charge in [-0.3, -0.25) is 14.3 Å². The van der Waals surface area contributed by atoms with Gasteiger partial charge in [0.15, 0.2) is 0 Å². The maximum atomic E-state index is 14.8. The predicted octanol–water partition coefficient (Wildman–Crippen LogP) is 6.05. The molecule has 0 unspecified atom stereocenters. The maximum Gasteiger partial charge on any atom is 0.335 e. The van der Waals surface area contributed by atoms with Crippen LogP contribution in [0, 0.1) is 5.82 Å². The predicted molar refractivity (Wildman–Crippen MR) is 147 cm³/mol. The van der Waals surface area contributed by atoms with E-state index < -0.39 is 5.82 Å². The number of aryl methyl sites for hydroxylation is 1. The number of pyridine rings is 1. The van der Waals surface area contributed by atoms with Crippen molar-refractivity contribution in [3.8, 4) is 0 Å². The molecule has 1 aromatic heterocycles. The first kappa shape index (κ1) is 25.2. The van der Waals surface area contributed by atoms with E-state index in [1.165, 1.54) is 16.7 Å². The summed E-state index contributed by atoms with van der Waals surface area (Å²) in [5.41, 5.74) is 2.86. The van der Waals surface area contributed by atoms with Crippen molar-refractivity contribution in [3.63, 3.8) is 0 Å². The molecule has 5 rings (SSSR count). The van der Waals surface area contributed by atoms with E-state index in [9.17, 15) is 19.1 Å². The monoisotopic (exact) mass is 566 g/mol. The highest BCUT2D eigenvalue weighted by Gasteiger charge is 2.42. The molecule has 0 bridgehead atoms. The smallest absolute Gasteiger partial charge is 0.335 e. The lowest BCUT2D eigenvalue weighted by Gasteiger charge is -2.46. The Balaban J connectivity index is 1.71. The Morgan fingerprint density at radius 1 is 1.14 bits per heavy atom. The highest BCUT2D eigenvalue weighted by molar-refractivity contribution is 9.10. The van der Waals surface area contributed by atoms with Gasteiger partial charge in [-0.1, -0.05) is 34.6 Å². The van der Waals surface area contributed by atoms with Gasteiger partial charge in [-0.25, -0.2) is 14.1 Å². The Bertz CT molecular complexity index is 1450. The molecule has 2 aromatic carbocycles. The van der Waals surface area contributed by atoms with Crippen LogP contribution in [0.1, 0.15) is 36.8 Å². The van der Waals surface area contributed by atoms with Gasteiger partial charge in [0, 0.05) is 30.2 Å². The first-order valence-corrected chi connectivity index (χ1v) is 13.1. The first-order valence-electron chi connectivity index (χ1n) is 12.3. The molecule has 1 aliphatic heterocycles. The number of rotatable bonds is 7. The van der Waals surface area contributed by atoms with E-state index in [2.05, 4.69) is 27.8 Å². The normalized spacial score (nSPS) is 15.6. The number of aliphatic hydroxyl groups is 1. The number of fused-ring (bicyclic) bond motifs is 1. The van der Waals surface area contributed by atoms with Crippen LogP contribution >= 0.6 is 15.9 Å². The summed E-state index contributed by atoms with van der Waals surface area (Å²) in [4.78, 5) is 30.4. The fraction of sp³-hybridized carbons (Fsp3) is 0.286. The number of aliphatic hydroxyl groups excluding tert-OH is 1. The van der Waals surface area contributed by atoms with Crippen LogP contribution in [0.2, 0.25) is 0 Å². The minimum atomic E-state index is -0.481. The van der Waals surface area contributed by atoms with E-state index >= 15 is 0 Å². The molecular formula is C28H28BrFN4O3. The summed E-state index contributed by atoms with van der Waals surface area (Å²) >= 11 is 3.27. The van der Waals surface area contributed by atoms with Gasteiger partial charge in [-0.15, -0.1) is 0 Å². The van der Waals surface area contributed by atoms with Crippen LogP contribution in [0.15, 0.2) is 64.4 Å². The summed E-state index contributed by atoms with van der Waals surface area (Å²) in [5, 5.41) is 12.4. The standard InChI is InChI=1S/C28H28BrFN4O3/c1-17-26-24(31-23-12-11-19(29)15-22(23)30)16-25(36)32(2)27(26)34(28(37)33(17)20-8-4-9-20)21-10-3-6-18(14-21)7-5-13-35/h3,6,10-12,14-16,20,31,35H,1,4-5,7-9,13H2,2H3. The zero-order valence-electron chi connectivity index (χ0n) is 20.5. The number of carbonyl (C=O) groups excluding carboxylic acids is 1. The van der Waals surface area contributed by atoms with Gasteiger partial charge in [0.05, 0.1) is 28.3 Å². The Labute approximate surface area is 223 Å². The number of nitrogens with zero attached hydrogens (tertiary/aromatic N) is 3. The minimum Gasteiger partial charge on any atom is -0.396 e. The summed E-state index contributed by atoms with van der Waals surface area (Å²) < 4.78 is 16.8. The summed E-state index contributed by atoms with van der Waals surface area (Å²) in [6.45, 7) is 4.35. The molecule has 1 aliphatic carbocycles. The second-order valence-corrected chi connectivity index (χ2v) is 10.3. The van der Waals surface area contributed by atoms with Crippen molar-refractivity contribution in [2.75, 3.05) is 16.8 Å². The number of benzene rings is 2. The van der Waals surface area contributed by atoms with Gasteiger partial charge in [-0.2, -0.15) is 0 Å². The molecule has 3 aromatic rings. The van der Waals surface area contributed by atoms with Gasteiger partial charge >= 0.3 is 6.03 Å². The molecule has 2 amide bonds. The number of halogens is 2. The largest absolute Gasteiger partial charge is 0.396 e. The highest BCUT2D eigenvalue weighted by Crippen LogP contribution is 2.46. The first-order chi connectivity index (χ1) is 17.8. The van der Waals surface area contributed by atoms with E-state index in [4.69, 9.17) is 0 Å². The fourth-order valence-corrected chi connectivity index (χ4v) is 5.22. The molecule has 2 N–H and O–H groups in total. The lowest BCUT2D eigenvalue weighted by atomic mass is 9.89. The second kappa shape index (κ2) is 10.1. The van der Waals surface area contributed by atoms with E-state index in [1.54, 1.807) is 29.0 Å². The minimum absolute atomic E-state index is 0.00252. The molecule has 0 saturated heterocycles. The summed E-state index contributed by atoms with van der Waals surface area (Å²) in [5.74, 6) is -0.108. The quantitative estimate of drug-likeness (QED) is 0.365. The lowest BCUT2D eigenvalue weighted by molar-refractivity contribution is 0.183. The van der Waals surface area contributed by atoms with Crippen molar-refractivity contribution in [1.29, 1.82) is 0 Å². The Hall–Kier alpha value is -3.43. The van der Waals surface area contributed by atoms with Crippen molar-refractivity contribution in [2.45, 2.75) is 38.1 Å². The SMILES string of the molecule is C=C1c2c(Nc3ccc(Br)cc3F)cc(=O)n(C)c2N(c2cccc(CCCO)c2)C(=O)N1C1CCC1. The number of urea groups is 1. The molecular weight excluding hydrogens is 539 g/mol. The average Bonchev–Trinajstić information content (AvgIpc) is 2.84. The molecule has 0 atom stereocenters. The maximum absolute atomic E-state index is 14.8. The van der Waals surface area contributed by atoms with Crippen LogP contribution in [0.4, 0.5) is 32.1 Å². The summed E-state index contributed by atoms with van der Waals surface area (Å²) in [6, 6.07) is 13.3. The van der Waals surface area contributed by atoms with Gasteiger partial charge in [0.2, 0.25) is 0 Å². The molecule has 1 saturated carbocycles. The number of carbonyl (C=O) groups is 1. The van der Waals surface area contributed by atoms with E-state index in [0.29, 0.717) is 45.8 Å². The van der Waals surface area contributed by atoms with Crippen molar-refractivity contribution in [2.24, 2.45) is 7.05 Å². The molecule has 0 radical (unpaired) electrons. The summed E-state index contributed by atoms with van der Waals surface area (Å²) in [6.07, 6.45) is 4.00. The summed E-state index contributed by atoms with van der Waals surface area (Å²) in [7, 11) is 1.62. The van der Waals surface area contributed by atoms with Crippen LogP contribution in [0.3, 0.4) is 0 Å². The van der Waals surface area contributed by atoms with E-state index in [-0.39, 0.29) is 29.9 Å². The van der Waals surface area contributed by atoms with Gasteiger partial charge in [0.25, 0.3) is 5.56 Å². The Morgan fingerprint density at radius 3 is 2.59 bits per heavy atom. The van der Waals surface area contributed by atoms with E-state index in [0.717, 1.165) is 24.8 Å². The highest BCUT2D eigenvalue weighted by atomic mass is 79.9. The molecule has 192 valence electrons. The Morgan fingerprint density at radius 2 is 1.92 bits per heavy atom. The molecule has 1 fully saturated rings. The third-order valence-corrected chi connectivity index (χ3v) is 7.52. The number of aromatic nitrogens is 1. The molecule has 0 spiro atoms. The average molecular weight is 567 g/mol. The fourth-order valence-electron chi connectivity index (χ4n) is 4.89. The van der Waals surface area contributed by atoms with Crippen molar-refractivity contribution >= 4 is 50.5 Å². The van der Waals surface area contributed by atoms with E-state index in [1.807, 2.05) is 24.3 Å². The second-order valence-electron chi connectivity index (χ2n) is 9.42. The molecule has 2 heterocycles. The molecule has 2 aliphatic rings. The van der Waals surface area contributed by atoms with Gasteiger partial charge in [-0.05, 0) is 68.0 Å². The van der Waals surface area contributed by atoms with Gasteiger partial charge in [0.1, 0.15) is 11.6 Å². The number of anilines is 4. The van der Waals surface area contributed by atoms with Crippen LogP contribution < -0.4 is 15.8 Å². The van der Waals surface area contributed by atoms with Crippen LogP contribution in [-0.4, -0.2) is 33.3 Å². The number of amides is 2. The topological polar surface area (TPSA) is 77.8 Å². The zero-order valence-corrected chi connectivity index (χ0v) is 22.1. The van der Waals surface area contributed by atoms with Crippen molar-refractivity contribution in [1.82, 2.24) is 9.47 Å². The molecule has 7 nitrogen and oxygen atoms in total. The van der Waals surface area contributed by atoms with Gasteiger partial charge < -0.3 is 10.4 Å². The molecule has 9 heteroatoms. The van der Waals surface area contributed by atoms with Crippen molar-refractivity contribution in [3.05, 3.63) is 86.9 Å². The number of nitrogens with one attached hydrogen (secondary N) is 1. The third-order valence-electron chi connectivity index (χ3n) is 7.03. The number of hydrogen-bond donors (Lipinski definition) is 2. The Kier molecular flexibility index (Phi) is 6.92. The molecule has 37 heavy (non-hydrogen) atoms. The number of hydrogen-bond acceptors (Lipinski definition) is 4.